The van der Waals surface area contributed by atoms with Crippen LogP contribution < -0.4 is 15.0 Å². The van der Waals surface area contributed by atoms with Crippen LogP contribution in [0.5, 0.6) is 5.75 Å². The molecule has 2 aromatic carbocycles. The average Bonchev–Trinajstić information content (AvgIpc) is 4.03. The number of ether oxygens (including phenoxy) is 4. The highest BCUT2D eigenvalue weighted by atomic mass is 16.6. The molecule has 11 nitrogen and oxygen atoms in total. The largest absolute Gasteiger partial charge is 0.495 e. The second-order valence-corrected chi connectivity index (χ2v) is 18.9. The van der Waals surface area contributed by atoms with E-state index in [1.165, 1.54) is 18.2 Å². The summed E-state index contributed by atoms with van der Waals surface area (Å²) in [5.41, 5.74) is 4.44. The van der Waals surface area contributed by atoms with Crippen LogP contribution in [-0.4, -0.2) is 110 Å². The average molecular weight is 733 g/mol. The molecule has 2 aliphatic carbocycles. The molecule has 1 unspecified atom stereocenters. The van der Waals surface area contributed by atoms with E-state index in [0.717, 1.165) is 86.6 Å². The number of esters is 2. The van der Waals surface area contributed by atoms with Crippen LogP contribution >= 0.6 is 0 Å². The van der Waals surface area contributed by atoms with Crippen LogP contribution in [0.1, 0.15) is 62.5 Å². The fraction of sp³-hybridized carbons (Fsp3) is 0.628. The van der Waals surface area contributed by atoms with Gasteiger partial charge in [0, 0.05) is 72.0 Å². The fourth-order valence-electron chi connectivity index (χ4n) is 16.7. The number of nitrogens with zero attached hydrogens (tertiary/aromatic N) is 3. The molecule has 2 aromatic rings. The number of fused-ring (bicyclic) bond motifs is 4. The quantitative estimate of drug-likeness (QED) is 0.442. The maximum Gasteiger partial charge on any atom is 0.335 e. The van der Waals surface area contributed by atoms with Gasteiger partial charge in [-0.05, 0) is 80.7 Å². The molecule has 0 bridgehead atoms. The van der Waals surface area contributed by atoms with Gasteiger partial charge in [-0.3, -0.25) is 14.6 Å². The highest BCUT2D eigenvalue weighted by Crippen LogP contribution is 2.76. The molecule has 282 valence electrons. The Bertz CT molecular complexity index is 2130. The molecule has 11 heteroatoms. The molecule has 9 aliphatic heterocycles. The van der Waals surface area contributed by atoms with Crippen molar-refractivity contribution in [2.24, 2.45) is 22.2 Å². The zero-order valence-electron chi connectivity index (χ0n) is 31.0. The predicted octanol–water partition coefficient (Wildman–Crippen LogP) is 3.69. The first-order valence-corrected chi connectivity index (χ1v) is 20.4. The number of carbonyl (C=O) groups excluding carboxylic acids is 2. The molecular weight excluding hydrogens is 684 g/mol. The van der Waals surface area contributed by atoms with E-state index in [4.69, 9.17) is 18.9 Å². The molecule has 11 aliphatic rings. The van der Waals surface area contributed by atoms with Gasteiger partial charge in [-0.1, -0.05) is 30.3 Å². The summed E-state index contributed by atoms with van der Waals surface area (Å²) in [6, 6.07) is 15.5. The maximum absolute atomic E-state index is 14.0. The number of carbonyl (C=O) groups is 2. The van der Waals surface area contributed by atoms with Crippen molar-refractivity contribution in [3.63, 3.8) is 0 Å². The minimum absolute atomic E-state index is 0.0385. The molecule has 5 spiro atoms. The topological polar surface area (TPSA) is 113 Å². The van der Waals surface area contributed by atoms with E-state index in [1.54, 1.807) is 7.11 Å². The maximum atomic E-state index is 14.0. The van der Waals surface area contributed by atoms with Crippen molar-refractivity contribution >= 4 is 23.3 Å². The Morgan fingerprint density at radius 1 is 0.944 bits per heavy atom. The highest BCUT2D eigenvalue weighted by molar-refractivity contribution is 5.93. The molecule has 0 aromatic heterocycles. The Morgan fingerprint density at radius 3 is 2.67 bits per heavy atom. The van der Waals surface area contributed by atoms with Crippen molar-refractivity contribution in [2.45, 2.75) is 98.8 Å². The van der Waals surface area contributed by atoms with E-state index in [1.807, 2.05) is 0 Å². The second-order valence-electron chi connectivity index (χ2n) is 18.9. The number of aliphatic hydroxyl groups is 1. The van der Waals surface area contributed by atoms with E-state index >= 15 is 0 Å². The van der Waals surface area contributed by atoms with Gasteiger partial charge in [-0.25, -0.2) is 4.79 Å². The molecule has 0 amide bonds. The first kappa shape index (κ1) is 31.6. The number of nitrogens with one attached hydrogen (secondary N) is 1. The van der Waals surface area contributed by atoms with Crippen molar-refractivity contribution in [3.8, 4) is 5.75 Å². The summed E-state index contributed by atoms with van der Waals surface area (Å²) in [6.07, 6.45) is 5.08. The van der Waals surface area contributed by atoms with Crippen molar-refractivity contribution < 1.29 is 33.6 Å². The summed E-state index contributed by atoms with van der Waals surface area (Å²) < 4.78 is 25.3. The van der Waals surface area contributed by atoms with E-state index in [9.17, 15) is 14.7 Å². The van der Waals surface area contributed by atoms with Gasteiger partial charge in [-0.2, -0.15) is 0 Å². The number of benzene rings is 2. The summed E-state index contributed by atoms with van der Waals surface area (Å²) in [7, 11) is 3.27. The first-order valence-electron chi connectivity index (χ1n) is 20.4. The first-order chi connectivity index (χ1) is 26.3. The number of piperidine rings is 3. The Labute approximate surface area is 314 Å². The molecule has 13 rings (SSSR count). The standard InChI is InChI=1S/C43H48N4O7/c1-51-28-9-5-7-26-31(28)47-22-41(19-23-18-40-21-30(48)54-29(40)10-14-45-15-11-43(26,33(23)47)35(40)45)37-39(13-17-53-37)20-24(34(49)52-2)32-42(12-16-46(36(39)42)38(41)50)25-6-3-4-8-27(25)44-32/h3-9,23,29,33,35-38,44,50H,10-22H2,1-2H3/t23-,29-,33?,35-,36-,37+,38+,39-,40-,41-,42-,43-/m0/s1. The van der Waals surface area contributed by atoms with Crippen LogP contribution in [0.3, 0.4) is 0 Å². The number of para-hydroxylation sites is 2. The Kier molecular flexibility index (Phi) is 5.74. The lowest BCUT2D eigenvalue weighted by Crippen LogP contribution is -2.79. The highest BCUT2D eigenvalue weighted by Gasteiger charge is 2.81. The van der Waals surface area contributed by atoms with Gasteiger partial charge in [0.15, 0.2) is 0 Å². The van der Waals surface area contributed by atoms with Crippen LogP contribution in [0.25, 0.3) is 0 Å². The van der Waals surface area contributed by atoms with Crippen molar-refractivity contribution in [1.82, 2.24) is 9.80 Å². The molecule has 54 heavy (non-hydrogen) atoms. The SMILES string of the molecule is COC(=O)C1=C2Nc3ccccc3[C@@]23CCN2[C@H](O)[C@]4(C[C@@H]5C[C@]67CC(=O)O[C@H]6CCN6CC[C@@]8(c9cccc(OC)c9N(C4)C58)[C@@H]67)[C@@H]4OCC[C@]4(C1)[C@H]23. The summed E-state index contributed by atoms with van der Waals surface area (Å²) in [4.78, 5) is 35.2. The van der Waals surface area contributed by atoms with Crippen LogP contribution in [0.15, 0.2) is 53.7 Å². The third kappa shape index (κ3) is 3.12. The molecule has 0 radical (unpaired) electrons. The molecule has 2 N–H and O–H groups in total. The molecule has 1 saturated carbocycles. The van der Waals surface area contributed by atoms with Gasteiger partial charge >= 0.3 is 11.9 Å². The molecule has 7 saturated heterocycles. The Morgan fingerprint density at radius 2 is 1.80 bits per heavy atom. The van der Waals surface area contributed by atoms with Crippen LogP contribution in [0.2, 0.25) is 0 Å². The third-order valence-electron chi connectivity index (χ3n) is 17.5. The zero-order valence-corrected chi connectivity index (χ0v) is 31.0. The van der Waals surface area contributed by atoms with Crippen LogP contribution in [0, 0.1) is 22.2 Å². The summed E-state index contributed by atoms with van der Waals surface area (Å²) >= 11 is 0. The van der Waals surface area contributed by atoms with E-state index in [-0.39, 0.29) is 59.0 Å². The van der Waals surface area contributed by atoms with Crippen molar-refractivity contribution in [2.75, 3.05) is 57.2 Å². The number of aliphatic hydroxyl groups excluding tert-OH is 1. The van der Waals surface area contributed by atoms with Gasteiger partial charge in [0.25, 0.3) is 0 Å². The minimum atomic E-state index is -0.763. The summed E-state index contributed by atoms with van der Waals surface area (Å²) in [6.45, 7) is 3.92. The normalized spacial score (nSPS) is 46.8. The summed E-state index contributed by atoms with van der Waals surface area (Å²) in [5.74, 6) is 0.737. The lowest BCUT2D eigenvalue weighted by Gasteiger charge is -2.69. The van der Waals surface area contributed by atoms with Crippen LogP contribution in [-0.2, 0) is 34.6 Å². The lowest BCUT2D eigenvalue weighted by molar-refractivity contribution is -0.250. The van der Waals surface area contributed by atoms with Crippen molar-refractivity contribution in [1.29, 1.82) is 0 Å². The monoisotopic (exact) mass is 732 g/mol. The molecular formula is C43H48N4O7. The number of hydrogen-bond acceptors (Lipinski definition) is 11. The van der Waals surface area contributed by atoms with Crippen molar-refractivity contribution in [3.05, 3.63) is 64.9 Å². The van der Waals surface area contributed by atoms with Gasteiger partial charge in [0.2, 0.25) is 0 Å². The fourth-order valence-corrected chi connectivity index (χ4v) is 16.7. The second kappa shape index (κ2) is 9.83. The Hall–Kier alpha value is -3.64. The minimum Gasteiger partial charge on any atom is -0.495 e. The molecule has 12 atom stereocenters. The van der Waals surface area contributed by atoms with Gasteiger partial charge < -0.3 is 34.3 Å². The molecule has 8 fully saturated rings. The van der Waals surface area contributed by atoms with E-state index in [2.05, 4.69) is 62.5 Å². The molecule has 9 heterocycles. The zero-order chi connectivity index (χ0) is 36.1. The van der Waals surface area contributed by atoms with Gasteiger partial charge in [0.05, 0.1) is 48.8 Å². The predicted molar refractivity (Wildman–Crippen MR) is 196 cm³/mol. The smallest absolute Gasteiger partial charge is 0.335 e. The number of hydrogen-bond donors (Lipinski definition) is 2. The number of rotatable bonds is 2. The number of methoxy groups -OCH3 is 2. The third-order valence-corrected chi connectivity index (χ3v) is 17.5. The van der Waals surface area contributed by atoms with E-state index < -0.39 is 22.5 Å². The van der Waals surface area contributed by atoms with Crippen LogP contribution in [0.4, 0.5) is 11.4 Å². The Balaban J connectivity index is 1.03. The van der Waals surface area contributed by atoms with Gasteiger partial charge in [0.1, 0.15) is 18.1 Å². The summed E-state index contributed by atoms with van der Waals surface area (Å²) in [5, 5.41) is 17.1. The lowest BCUT2D eigenvalue weighted by atomic mass is 9.44. The van der Waals surface area contributed by atoms with E-state index in [0.29, 0.717) is 26.0 Å². The van der Waals surface area contributed by atoms with Gasteiger partial charge in [-0.15, -0.1) is 0 Å². The number of anilines is 2.